The molecule has 1 spiro atoms. The van der Waals surface area contributed by atoms with Crippen LogP contribution >= 0.6 is 0 Å². The highest BCUT2D eigenvalue weighted by molar-refractivity contribution is 6.15. The molecule has 2 aromatic rings. The average Bonchev–Trinajstić information content (AvgIpc) is 3.03. The van der Waals surface area contributed by atoms with Crippen LogP contribution in [0.1, 0.15) is 30.9 Å². The van der Waals surface area contributed by atoms with E-state index in [0.717, 1.165) is 24.2 Å². The molecule has 0 bridgehead atoms. The zero-order valence-corrected chi connectivity index (χ0v) is 16.0. The van der Waals surface area contributed by atoms with Gasteiger partial charge in [-0.2, -0.15) is 0 Å². The molecule has 6 heteroatoms. The largest absolute Gasteiger partial charge is 0.491 e. The number of piperidine rings is 1. The van der Waals surface area contributed by atoms with Crippen LogP contribution < -0.4 is 10.1 Å². The highest BCUT2D eigenvalue weighted by atomic mass is 19.1. The molecule has 0 saturated carbocycles. The van der Waals surface area contributed by atoms with E-state index in [1.54, 1.807) is 12.1 Å². The highest BCUT2D eigenvalue weighted by Gasteiger charge is 2.45. The zero-order chi connectivity index (χ0) is 19.6. The minimum absolute atomic E-state index is 0.00795. The van der Waals surface area contributed by atoms with Crippen LogP contribution in [0, 0.1) is 5.82 Å². The summed E-state index contributed by atoms with van der Waals surface area (Å²) in [6.07, 6.45) is 1.35. The number of aliphatic imine (C=N–C) groups is 1. The van der Waals surface area contributed by atoms with Gasteiger partial charge >= 0.3 is 0 Å². The van der Waals surface area contributed by atoms with Crippen LogP contribution in [0.3, 0.4) is 0 Å². The Balaban J connectivity index is 1.43. The molecule has 2 heterocycles. The molecule has 2 aromatic carbocycles. The van der Waals surface area contributed by atoms with E-state index in [1.165, 1.54) is 6.07 Å². The van der Waals surface area contributed by atoms with Gasteiger partial charge in [0.25, 0.3) is 5.91 Å². The third-order valence-corrected chi connectivity index (χ3v) is 5.41. The van der Waals surface area contributed by atoms with E-state index in [2.05, 4.69) is 10.2 Å². The fraction of sp³-hybridized carbons (Fsp3) is 0.364. The molecule has 0 atom stereocenters. The molecule has 0 aliphatic carbocycles. The lowest BCUT2D eigenvalue weighted by Crippen LogP contribution is -2.48. The number of rotatable bonds is 5. The van der Waals surface area contributed by atoms with Crippen LogP contribution in [0.25, 0.3) is 0 Å². The van der Waals surface area contributed by atoms with E-state index in [0.29, 0.717) is 37.6 Å². The van der Waals surface area contributed by atoms with Gasteiger partial charge < -0.3 is 10.1 Å². The molecule has 1 fully saturated rings. The van der Waals surface area contributed by atoms with Gasteiger partial charge in [0.1, 0.15) is 11.4 Å². The first kappa shape index (κ1) is 18.6. The SMILES string of the molecule is CCOc1cc(CN2CCC3(CC2)N=C(c2ccccc2)NC3=O)ccc1F. The molecule has 146 valence electrons. The molecule has 4 rings (SSSR count). The van der Waals surface area contributed by atoms with E-state index >= 15 is 0 Å². The number of amidine groups is 1. The lowest BCUT2D eigenvalue weighted by Gasteiger charge is -2.35. The number of halogens is 1. The average molecular weight is 381 g/mol. The Bertz CT molecular complexity index is 890. The Morgan fingerprint density at radius 3 is 2.64 bits per heavy atom. The number of nitrogens with one attached hydrogen (secondary N) is 1. The Morgan fingerprint density at radius 1 is 1.18 bits per heavy atom. The van der Waals surface area contributed by atoms with Gasteiger partial charge in [-0.15, -0.1) is 0 Å². The van der Waals surface area contributed by atoms with Crippen molar-refractivity contribution in [2.75, 3.05) is 19.7 Å². The summed E-state index contributed by atoms with van der Waals surface area (Å²) in [6.45, 7) is 4.50. The number of carbonyl (C=O) groups excluding carboxylic acids is 1. The van der Waals surface area contributed by atoms with Crippen molar-refractivity contribution >= 4 is 11.7 Å². The van der Waals surface area contributed by atoms with Gasteiger partial charge in [-0.1, -0.05) is 36.4 Å². The second-order valence-electron chi connectivity index (χ2n) is 7.29. The van der Waals surface area contributed by atoms with E-state index < -0.39 is 5.54 Å². The fourth-order valence-corrected chi connectivity index (χ4v) is 3.84. The molecule has 0 unspecified atom stereocenters. The summed E-state index contributed by atoms with van der Waals surface area (Å²) in [5.41, 5.74) is 1.27. The predicted molar refractivity (Wildman–Crippen MR) is 106 cm³/mol. The molecule has 1 saturated heterocycles. The predicted octanol–water partition coefficient (Wildman–Crippen LogP) is 3.14. The van der Waals surface area contributed by atoms with E-state index in [4.69, 9.17) is 9.73 Å². The number of amides is 1. The number of hydrogen-bond donors (Lipinski definition) is 1. The number of carbonyl (C=O) groups is 1. The smallest absolute Gasteiger partial charge is 0.253 e. The normalized spacial score (nSPS) is 18.8. The first-order valence-corrected chi connectivity index (χ1v) is 9.70. The van der Waals surface area contributed by atoms with Crippen molar-refractivity contribution < 1.29 is 13.9 Å². The minimum atomic E-state index is -0.666. The summed E-state index contributed by atoms with van der Waals surface area (Å²) in [6, 6.07) is 14.7. The number of benzene rings is 2. The van der Waals surface area contributed by atoms with Gasteiger partial charge in [-0.25, -0.2) is 4.39 Å². The van der Waals surface area contributed by atoms with Gasteiger partial charge in [0.05, 0.1) is 6.61 Å². The third-order valence-electron chi connectivity index (χ3n) is 5.41. The van der Waals surface area contributed by atoms with Crippen LogP contribution in [-0.2, 0) is 11.3 Å². The summed E-state index contributed by atoms with van der Waals surface area (Å²) in [5, 5.41) is 2.96. The van der Waals surface area contributed by atoms with Gasteiger partial charge in [-0.05, 0) is 37.5 Å². The Hall–Kier alpha value is -2.73. The summed E-state index contributed by atoms with van der Waals surface area (Å²) in [4.78, 5) is 19.7. The van der Waals surface area contributed by atoms with Gasteiger partial charge in [0, 0.05) is 25.2 Å². The Morgan fingerprint density at radius 2 is 1.93 bits per heavy atom. The van der Waals surface area contributed by atoms with E-state index in [1.807, 2.05) is 37.3 Å². The molecule has 5 nitrogen and oxygen atoms in total. The van der Waals surface area contributed by atoms with Gasteiger partial charge in [0.15, 0.2) is 11.6 Å². The van der Waals surface area contributed by atoms with Gasteiger partial charge in [0.2, 0.25) is 0 Å². The molecular formula is C22H24FN3O2. The van der Waals surface area contributed by atoms with Crippen molar-refractivity contribution in [3.63, 3.8) is 0 Å². The van der Waals surface area contributed by atoms with Gasteiger partial charge in [-0.3, -0.25) is 14.7 Å². The fourth-order valence-electron chi connectivity index (χ4n) is 3.84. The lowest BCUT2D eigenvalue weighted by atomic mass is 9.88. The lowest BCUT2D eigenvalue weighted by molar-refractivity contribution is -0.125. The number of likely N-dealkylation sites (tertiary alicyclic amines) is 1. The number of nitrogens with zero attached hydrogens (tertiary/aromatic N) is 2. The molecule has 0 radical (unpaired) electrons. The summed E-state index contributed by atoms with van der Waals surface area (Å²) in [5.74, 6) is 0.611. The van der Waals surface area contributed by atoms with Crippen LogP contribution in [0.15, 0.2) is 53.5 Å². The second-order valence-corrected chi connectivity index (χ2v) is 7.29. The van der Waals surface area contributed by atoms with Crippen molar-refractivity contribution in [1.82, 2.24) is 10.2 Å². The molecule has 28 heavy (non-hydrogen) atoms. The van der Waals surface area contributed by atoms with Crippen molar-refractivity contribution in [2.45, 2.75) is 31.8 Å². The van der Waals surface area contributed by atoms with E-state index in [-0.39, 0.29) is 11.7 Å². The third kappa shape index (κ3) is 3.64. The number of ether oxygens (including phenoxy) is 1. The van der Waals surface area contributed by atoms with E-state index in [9.17, 15) is 9.18 Å². The molecule has 1 N–H and O–H groups in total. The molecule has 0 aromatic heterocycles. The monoisotopic (exact) mass is 381 g/mol. The molecule has 2 aliphatic rings. The maximum atomic E-state index is 13.8. The Kier molecular flexibility index (Phi) is 5.13. The highest BCUT2D eigenvalue weighted by Crippen LogP contribution is 2.32. The van der Waals surface area contributed by atoms with Crippen LogP contribution in [0.5, 0.6) is 5.75 Å². The van der Waals surface area contributed by atoms with Crippen LogP contribution in [0.4, 0.5) is 4.39 Å². The summed E-state index contributed by atoms with van der Waals surface area (Å²) < 4.78 is 19.1. The van der Waals surface area contributed by atoms with Crippen LogP contribution in [-0.4, -0.2) is 41.9 Å². The second kappa shape index (κ2) is 7.72. The van der Waals surface area contributed by atoms with Crippen molar-refractivity contribution in [1.29, 1.82) is 0 Å². The maximum absolute atomic E-state index is 13.8. The molecule has 1 amide bonds. The standard InChI is InChI=1S/C22H24FN3O2/c1-2-28-19-14-16(8-9-18(19)23)15-26-12-10-22(11-13-26)21(27)24-20(25-22)17-6-4-3-5-7-17/h3-9,14H,2,10-13,15H2,1H3,(H,24,25,27). The minimum Gasteiger partial charge on any atom is -0.491 e. The molecular weight excluding hydrogens is 357 g/mol. The van der Waals surface area contributed by atoms with Crippen LogP contribution in [0.2, 0.25) is 0 Å². The first-order chi connectivity index (χ1) is 13.6. The quantitative estimate of drug-likeness (QED) is 0.866. The maximum Gasteiger partial charge on any atom is 0.253 e. The number of hydrogen-bond acceptors (Lipinski definition) is 4. The van der Waals surface area contributed by atoms with Crippen molar-refractivity contribution in [3.8, 4) is 5.75 Å². The zero-order valence-electron chi connectivity index (χ0n) is 16.0. The Labute approximate surface area is 164 Å². The molecule has 2 aliphatic heterocycles. The summed E-state index contributed by atoms with van der Waals surface area (Å²) in [7, 11) is 0. The summed E-state index contributed by atoms with van der Waals surface area (Å²) >= 11 is 0. The first-order valence-electron chi connectivity index (χ1n) is 9.70. The van der Waals surface area contributed by atoms with Crippen molar-refractivity contribution in [2.24, 2.45) is 4.99 Å². The van der Waals surface area contributed by atoms with Crippen molar-refractivity contribution in [3.05, 3.63) is 65.5 Å². The topological polar surface area (TPSA) is 53.9 Å².